The third-order valence-corrected chi connectivity index (χ3v) is 7.22. The van der Waals surface area contributed by atoms with E-state index in [4.69, 9.17) is 16.3 Å². The van der Waals surface area contributed by atoms with Gasteiger partial charge in [0.25, 0.3) is 0 Å². The number of aliphatic hydroxyl groups excluding tert-OH is 1. The van der Waals surface area contributed by atoms with E-state index in [1.807, 2.05) is 36.0 Å². The average molecular weight is 481 g/mol. The van der Waals surface area contributed by atoms with E-state index in [1.165, 1.54) is 0 Å². The first-order valence-electron chi connectivity index (χ1n) is 11.3. The minimum absolute atomic E-state index is 0.174. The monoisotopic (exact) mass is 480 g/mol. The van der Waals surface area contributed by atoms with Crippen molar-refractivity contribution < 1.29 is 9.84 Å². The lowest BCUT2D eigenvalue weighted by Gasteiger charge is -2.41. The summed E-state index contributed by atoms with van der Waals surface area (Å²) in [5, 5.41) is 18.3. The Kier molecular flexibility index (Phi) is 5.11. The number of imidazole rings is 1. The van der Waals surface area contributed by atoms with Crippen LogP contribution in [0.3, 0.4) is 0 Å². The molecule has 2 aliphatic rings. The molecule has 2 fully saturated rings. The van der Waals surface area contributed by atoms with Crippen LogP contribution in [-0.2, 0) is 30.2 Å². The number of hydrogen-bond acceptors (Lipinski definition) is 6. The molecule has 0 atom stereocenters. The first-order valence-corrected chi connectivity index (χ1v) is 11.6. The number of rotatable bonds is 6. The molecule has 1 N–H and O–H groups in total. The van der Waals surface area contributed by atoms with Crippen molar-refractivity contribution in [1.82, 2.24) is 28.6 Å². The molecule has 0 aliphatic carbocycles. The molecule has 0 unspecified atom stereocenters. The predicted molar refractivity (Wildman–Crippen MR) is 126 cm³/mol. The molecule has 2 aliphatic heterocycles. The number of hydrogen-bond donors (Lipinski definition) is 1. The number of pyridine rings is 1. The van der Waals surface area contributed by atoms with E-state index in [-0.39, 0.29) is 17.2 Å². The fourth-order valence-corrected chi connectivity index (χ4v) is 5.16. The molecule has 0 saturated carbocycles. The zero-order chi connectivity index (χ0) is 23.4. The summed E-state index contributed by atoms with van der Waals surface area (Å²) in [6.07, 6.45) is 5.76. The summed E-state index contributed by atoms with van der Waals surface area (Å²) in [6, 6.07) is 9.92. The number of ether oxygens (including phenoxy) is 1. The molecule has 4 aromatic rings. The van der Waals surface area contributed by atoms with Crippen LogP contribution < -0.4 is 5.69 Å². The van der Waals surface area contributed by atoms with Crippen LogP contribution in [0.5, 0.6) is 0 Å². The maximum absolute atomic E-state index is 13.4. The van der Waals surface area contributed by atoms with Crippen LogP contribution in [0.15, 0.2) is 53.8 Å². The Morgan fingerprint density at radius 3 is 2.74 bits per heavy atom. The first kappa shape index (κ1) is 21.5. The number of likely N-dealkylation sites (tertiary alicyclic amines) is 1. The highest BCUT2D eigenvalue weighted by molar-refractivity contribution is 6.33. The molecule has 1 aromatic carbocycles. The van der Waals surface area contributed by atoms with E-state index in [2.05, 4.69) is 27.2 Å². The fourth-order valence-electron chi connectivity index (χ4n) is 4.88. The highest BCUT2D eigenvalue weighted by Crippen LogP contribution is 2.36. The molecule has 0 amide bonds. The normalized spacial score (nSPS) is 18.2. The Morgan fingerprint density at radius 2 is 2.06 bits per heavy atom. The number of β-amino-alcohol motifs (C(OH)–C–C–N with tert-alkyl or cyclic N) is 1. The molecular formula is C24H25ClN6O3. The fraction of sp³-hybridized carbons (Fsp3) is 0.375. The predicted octanol–water partition coefficient (Wildman–Crippen LogP) is 1.56. The topological polar surface area (TPSA) is 89.8 Å². The van der Waals surface area contributed by atoms with Crippen molar-refractivity contribution in [3.8, 4) is 5.69 Å². The van der Waals surface area contributed by atoms with Gasteiger partial charge < -0.3 is 14.4 Å². The standard InChI is InChI=1S/C24H25ClN6O3/c1-28-15-26-27-22(28)7-24(13-34-14-24)17-3-2-4-18(6-17)30-12-21-20(25)5-16(9-31(21)23(30)33)8-29-10-19(32)11-29/h2-6,9,12,15,19,32H,7-8,10-11,13-14H2,1H3. The molecule has 0 spiro atoms. The van der Waals surface area contributed by atoms with Gasteiger partial charge in [-0.25, -0.2) is 4.79 Å². The van der Waals surface area contributed by atoms with E-state index < -0.39 is 0 Å². The average Bonchev–Trinajstić information content (AvgIpc) is 3.33. The quantitative estimate of drug-likeness (QED) is 0.450. The van der Waals surface area contributed by atoms with E-state index in [9.17, 15) is 9.90 Å². The van der Waals surface area contributed by atoms with Gasteiger partial charge in [0.1, 0.15) is 12.2 Å². The number of halogens is 1. The van der Waals surface area contributed by atoms with Crippen LogP contribution >= 0.6 is 11.6 Å². The summed E-state index contributed by atoms with van der Waals surface area (Å²) in [5.74, 6) is 0.898. The number of fused-ring (bicyclic) bond motifs is 1. The number of aryl methyl sites for hydroxylation is 1. The van der Waals surface area contributed by atoms with Gasteiger partial charge in [0.2, 0.25) is 0 Å². The SMILES string of the molecule is Cn1cnnc1CC1(c2cccc(-n3cc4c(Cl)cc(CN5CC(O)C5)cn4c3=O)c2)COC1. The highest BCUT2D eigenvalue weighted by Gasteiger charge is 2.41. The van der Waals surface area contributed by atoms with E-state index in [0.717, 1.165) is 22.6 Å². The molecule has 10 heteroatoms. The van der Waals surface area contributed by atoms with Gasteiger partial charge in [0.15, 0.2) is 0 Å². The van der Waals surface area contributed by atoms with Crippen LogP contribution in [0.4, 0.5) is 0 Å². The summed E-state index contributed by atoms with van der Waals surface area (Å²) in [7, 11) is 1.94. The lowest BCUT2D eigenvalue weighted by atomic mass is 9.75. The number of benzene rings is 1. The highest BCUT2D eigenvalue weighted by atomic mass is 35.5. The Morgan fingerprint density at radius 1 is 1.24 bits per heavy atom. The second-order valence-corrected chi connectivity index (χ2v) is 9.85. The largest absolute Gasteiger partial charge is 0.390 e. The summed E-state index contributed by atoms with van der Waals surface area (Å²) >= 11 is 6.57. The molecule has 6 rings (SSSR count). The Hall–Kier alpha value is -2.98. The summed E-state index contributed by atoms with van der Waals surface area (Å²) in [6.45, 7) is 3.10. The lowest BCUT2D eigenvalue weighted by Crippen LogP contribution is -2.49. The Bertz CT molecular complexity index is 1430. The van der Waals surface area contributed by atoms with Crippen molar-refractivity contribution in [2.45, 2.75) is 24.5 Å². The van der Waals surface area contributed by atoms with Gasteiger partial charge in [0.05, 0.1) is 35.5 Å². The van der Waals surface area contributed by atoms with Gasteiger partial charge in [0, 0.05) is 50.9 Å². The lowest BCUT2D eigenvalue weighted by molar-refractivity contribution is -0.0611. The maximum Gasteiger partial charge on any atom is 0.337 e. The van der Waals surface area contributed by atoms with Crippen molar-refractivity contribution in [2.24, 2.45) is 7.05 Å². The van der Waals surface area contributed by atoms with Gasteiger partial charge in [-0.1, -0.05) is 23.7 Å². The third kappa shape index (κ3) is 3.56. The number of aliphatic hydroxyl groups is 1. The van der Waals surface area contributed by atoms with Gasteiger partial charge in [-0.3, -0.25) is 13.9 Å². The van der Waals surface area contributed by atoms with Crippen LogP contribution in [0, 0.1) is 0 Å². The number of nitrogens with zero attached hydrogens (tertiary/aromatic N) is 6. The van der Waals surface area contributed by atoms with E-state index in [0.29, 0.717) is 49.8 Å². The molecule has 3 aromatic heterocycles. The van der Waals surface area contributed by atoms with Crippen LogP contribution in [0.25, 0.3) is 11.2 Å². The molecular weight excluding hydrogens is 456 g/mol. The first-order chi connectivity index (χ1) is 16.4. The van der Waals surface area contributed by atoms with Crippen molar-refractivity contribution >= 4 is 17.1 Å². The van der Waals surface area contributed by atoms with Crippen molar-refractivity contribution in [1.29, 1.82) is 0 Å². The zero-order valence-electron chi connectivity index (χ0n) is 18.8. The molecule has 0 bridgehead atoms. The van der Waals surface area contributed by atoms with Gasteiger partial charge >= 0.3 is 5.69 Å². The van der Waals surface area contributed by atoms with E-state index in [1.54, 1.807) is 21.5 Å². The van der Waals surface area contributed by atoms with Gasteiger partial charge in [-0.05, 0) is 29.3 Å². The van der Waals surface area contributed by atoms with Crippen molar-refractivity contribution in [3.05, 3.63) is 81.5 Å². The molecule has 2 saturated heterocycles. The minimum Gasteiger partial charge on any atom is -0.390 e. The van der Waals surface area contributed by atoms with Crippen LogP contribution in [0.2, 0.25) is 5.02 Å². The van der Waals surface area contributed by atoms with Gasteiger partial charge in [-0.15, -0.1) is 10.2 Å². The zero-order valence-corrected chi connectivity index (χ0v) is 19.5. The van der Waals surface area contributed by atoms with Crippen LogP contribution in [0.1, 0.15) is 17.0 Å². The third-order valence-electron chi connectivity index (χ3n) is 6.91. The van der Waals surface area contributed by atoms with Crippen molar-refractivity contribution in [3.63, 3.8) is 0 Å². The van der Waals surface area contributed by atoms with Crippen LogP contribution in [-0.4, -0.2) is 66.1 Å². The molecule has 0 radical (unpaired) electrons. The summed E-state index contributed by atoms with van der Waals surface area (Å²) < 4.78 is 10.8. The van der Waals surface area contributed by atoms with E-state index >= 15 is 0 Å². The summed E-state index contributed by atoms with van der Waals surface area (Å²) in [5.41, 5.74) is 3.10. The minimum atomic E-state index is -0.270. The Balaban J connectivity index is 1.35. The van der Waals surface area contributed by atoms with Gasteiger partial charge in [-0.2, -0.15) is 0 Å². The second-order valence-electron chi connectivity index (χ2n) is 9.44. The smallest absolute Gasteiger partial charge is 0.337 e. The summed E-state index contributed by atoms with van der Waals surface area (Å²) in [4.78, 5) is 15.5. The maximum atomic E-state index is 13.4. The Labute approximate surface area is 200 Å². The number of aromatic nitrogens is 5. The molecule has 34 heavy (non-hydrogen) atoms. The molecule has 9 nitrogen and oxygen atoms in total. The molecule has 176 valence electrons. The van der Waals surface area contributed by atoms with Crippen molar-refractivity contribution in [2.75, 3.05) is 26.3 Å². The second kappa shape index (κ2) is 8.06. The molecule has 5 heterocycles.